The topological polar surface area (TPSA) is 23.5 Å². The molecule has 0 saturated carbocycles. The Balaban J connectivity index is 2.81. The van der Waals surface area contributed by atoms with Gasteiger partial charge in [0.1, 0.15) is 5.75 Å². The first-order chi connectivity index (χ1) is 6.93. The number of alkyl halides is 2. The van der Waals surface area contributed by atoms with E-state index in [1.54, 1.807) is 19.0 Å². The lowest BCUT2D eigenvalue weighted by Gasteiger charge is -2.19. The molecule has 1 aromatic carbocycles. The molecule has 15 heavy (non-hydrogen) atoms. The Morgan fingerprint density at radius 2 is 1.87 bits per heavy atom. The third-order valence-electron chi connectivity index (χ3n) is 2.17. The van der Waals surface area contributed by atoms with Gasteiger partial charge in [-0.15, -0.1) is 0 Å². The Morgan fingerprint density at radius 1 is 1.27 bits per heavy atom. The molecule has 1 rings (SSSR count). The van der Waals surface area contributed by atoms with Crippen molar-refractivity contribution in [2.75, 3.05) is 20.6 Å². The maximum atomic E-state index is 13.6. The van der Waals surface area contributed by atoms with Gasteiger partial charge in [0.15, 0.2) is 0 Å². The molecule has 0 radical (unpaired) electrons. The fourth-order valence-electron chi connectivity index (χ4n) is 1.28. The minimum absolute atomic E-state index is 0.279. The number of hydrogen-bond acceptors (Lipinski definition) is 2. The molecule has 0 bridgehead atoms. The molecule has 0 atom stereocenters. The van der Waals surface area contributed by atoms with Crippen LogP contribution in [0.4, 0.5) is 8.78 Å². The van der Waals surface area contributed by atoms with Gasteiger partial charge in [-0.2, -0.15) is 0 Å². The summed E-state index contributed by atoms with van der Waals surface area (Å²) in [7, 11) is 3.47. The molecule has 1 aromatic rings. The molecular formula is C11H15F2NO. The van der Waals surface area contributed by atoms with Crippen LogP contribution in [-0.4, -0.2) is 30.6 Å². The standard InChI is InChI=1S/C11H15F2NO/c1-14(2)8-7-11(12,13)9-5-3-4-6-10(9)15/h3-6,15H,7-8H2,1-2H3. The Bertz CT molecular complexity index is 326. The summed E-state index contributed by atoms with van der Waals surface area (Å²) in [6.45, 7) is 0.279. The molecule has 0 aromatic heterocycles. The second kappa shape index (κ2) is 4.57. The molecule has 0 amide bonds. The maximum absolute atomic E-state index is 13.6. The Hall–Kier alpha value is -1.16. The van der Waals surface area contributed by atoms with Crippen LogP contribution in [0.15, 0.2) is 24.3 Å². The SMILES string of the molecule is CN(C)CCC(F)(F)c1ccccc1O. The van der Waals surface area contributed by atoms with E-state index in [9.17, 15) is 13.9 Å². The minimum atomic E-state index is -2.98. The molecule has 0 aliphatic heterocycles. The van der Waals surface area contributed by atoms with Crippen LogP contribution in [0.5, 0.6) is 5.75 Å². The number of nitrogens with zero attached hydrogens (tertiary/aromatic N) is 1. The molecule has 4 heteroatoms. The lowest BCUT2D eigenvalue weighted by molar-refractivity contribution is -0.0206. The minimum Gasteiger partial charge on any atom is -0.507 e. The van der Waals surface area contributed by atoms with Crippen LogP contribution in [0.2, 0.25) is 0 Å². The van der Waals surface area contributed by atoms with Crippen LogP contribution in [0.3, 0.4) is 0 Å². The van der Waals surface area contributed by atoms with Crippen molar-refractivity contribution in [2.45, 2.75) is 12.3 Å². The number of para-hydroxylation sites is 1. The normalized spacial score (nSPS) is 12.1. The Kier molecular flexibility index (Phi) is 3.63. The second-order valence-electron chi connectivity index (χ2n) is 3.77. The van der Waals surface area contributed by atoms with Gasteiger partial charge in [0.05, 0.1) is 5.56 Å². The van der Waals surface area contributed by atoms with Crippen molar-refractivity contribution >= 4 is 0 Å². The summed E-state index contributed by atoms with van der Waals surface area (Å²) >= 11 is 0. The molecule has 0 aliphatic carbocycles. The van der Waals surface area contributed by atoms with Crippen LogP contribution in [0, 0.1) is 0 Å². The van der Waals surface area contributed by atoms with E-state index >= 15 is 0 Å². The number of aromatic hydroxyl groups is 1. The predicted molar refractivity (Wildman–Crippen MR) is 55.2 cm³/mol. The molecule has 84 valence electrons. The Labute approximate surface area is 88.1 Å². The van der Waals surface area contributed by atoms with E-state index < -0.39 is 5.92 Å². The van der Waals surface area contributed by atoms with Crippen LogP contribution < -0.4 is 0 Å². The van der Waals surface area contributed by atoms with Crippen LogP contribution in [0.25, 0.3) is 0 Å². The van der Waals surface area contributed by atoms with Crippen molar-refractivity contribution in [3.8, 4) is 5.75 Å². The van der Waals surface area contributed by atoms with Crippen LogP contribution >= 0.6 is 0 Å². The van der Waals surface area contributed by atoms with Crippen molar-refractivity contribution < 1.29 is 13.9 Å². The Morgan fingerprint density at radius 3 is 2.40 bits per heavy atom. The van der Waals surface area contributed by atoms with E-state index in [2.05, 4.69) is 0 Å². The summed E-state index contributed by atoms with van der Waals surface area (Å²) in [6.07, 6.45) is -0.294. The molecule has 0 fully saturated rings. The number of halogens is 2. The van der Waals surface area contributed by atoms with Crippen molar-refractivity contribution in [1.82, 2.24) is 4.90 Å². The zero-order chi connectivity index (χ0) is 11.5. The number of phenolic OH excluding ortho intramolecular Hbond substituents is 1. The molecular weight excluding hydrogens is 200 g/mol. The highest BCUT2D eigenvalue weighted by molar-refractivity contribution is 5.35. The van der Waals surface area contributed by atoms with Crippen molar-refractivity contribution in [2.24, 2.45) is 0 Å². The van der Waals surface area contributed by atoms with Gasteiger partial charge in [0.2, 0.25) is 0 Å². The van der Waals surface area contributed by atoms with Crippen LogP contribution in [-0.2, 0) is 5.92 Å². The van der Waals surface area contributed by atoms with Gasteiger partial charge < -0.3 is 10.0 Å². The van der Waals surface area contributed by atoms with E-state index in [0.717, 1.165) is 0 Å². The average Bonchev–Trinajstić information content (AvgIpc) is 2.15. The monoisotopic (exact) mass is 215 g/mol. The zero-order valence-electron chi connectivity index (χ0n) is 8.87. The highest BCUT2D eigenvalue weighted by Gasteiger charge is 2.33. The largest absolute Gasteiger partial charge is 0.507 e. The molecule has 0 saturated heterocycles. The van der Waals surface area contributed by atoms with Gasteiger partial charge in [0.25, 0.3) is 5.92 Å². The van der Waals surface area contributed by atoms with E-state index in [-0.39, 0.29) is 24.3 Å². The summed E-state index contributed by atoms with van der Waals surface area (Å²) in [4.78, 5) is 1.69. The zero-order valence-corrected chi connectivity index (χ0v) is 8.87. The van der Waals surface area contributed by atoms with Gasteiger partial charge in [-0.3, -0.25) is 0 Å². The summed E-state index contributed by atoms with van der Waals surface area (Å²) in [6, 6.07) is 5.56. The van der Waals surface area contributed by atoms with Gasteiger partial charge in [0, 0.05) is 13.0 Å². The first-order valence-electron chi connectivity index (χ1n) is 4.74. The average molecular weight is 215 g/mol. The molecule has 0 heterocycles. The lowest BCUT2D eigenvalue weighted by Crippen LogP contribution is -2.22. The van der Waals surface area contributed by atoms with Gasteiger partial charge in [-0.05, 0) is 26.2 Å². The predicted octanol–water partition coefficient (Wildman–Crippen LogP) is 2.44. The number of hydrogen-bond donors (Lipinski definition) is 1. The molecule has 0 aliphatic rings. The summed E-state index contributed by atoms with van der Waals surface area (Å²) in [5.74, 6) is -3.32. The van der Waals surface area contributed by atoms with Crippen molar-refractivity contribution in [3.05, 3.63) is 29.8 Å². The van der Waals surface area contributed by atoms with E-state index in [1.165, 1.54) is 24.3 Å². The molecule has 0 unspecified atom stereocenters. The number of phenols is 1. The smallest absolute Gasteiger partial charge is 0.278 e. The molecule has 1 N–H and O–H groups in total. The third-order valence-corrected chi connectivity index (χ3v) is 2.17. The fraction of sp³-hybridized carbons (Fsp3) is 0.455. The second-order valence-corrected chi connectivity index (χ2v) is 3.77. The van der Waals surface area contributed by atoms with Gasteiger partial charge in [-0.1, -0.05) is 12.1 Å². The highest BCUT2D eigenvalue weighted by atomic mass is 19.3. The lowest BCUT2D eigenvalue weighted by atomic mass is 10.0. The third kappa shape index (κ3) is 3.16. The quantitative estimate of drug-likeness (QED) is 0.833. The number of benzene rings is 1. The summed E-state index contributed by atoms with van der Waals surface area (Å²) in [5, 5.41) is 9.32. The van der Waals surface area contributed by atoms with E-state index in [1.807, 2.05) is 0 Å². The fourth-order valence-corrected chi connectivity index (χ4v) is 1.28. The maximum Gasteiger partial charge on any atom is 0.278 e. The molecule has 0 spiro atoms. The molecule has 2 nitrogen and oxygen atoms in total. The first-order valence-corrected chi connectivity index (χ1v) is 4.74. The van der Waals surface area contributed by atoms with E-state index in [0.29, 0.717) is 0 Å². The summed E-state index contributed by atoms with van der Waals surface area (Å²) in [5.41, 5.74) is -0.299. The van der Waals surface area contributed by atoms with Crippen molar-refractivity contribution in [1.29, 1.82) is 0 Å². The van der Waals surface area contributed by atoms with Gasteiger partial charge in [-0.25, -0.2) is 8.78 Å². The first kappa shape index (κ1) is 11.9. The van der Waals surface area contributed by atoms with E-state index in [4.69, 9.17) is 0 Å². The highest BCUT2D eigenvalue weighted by Crippen LogP contribution is 2.36. The van der Waals surface area contributed by atoms with Crippen LogP contribution in [0.1, 0.15) is 12.0 Å². The van der Waals surface area contributed by atoms with Gasteiger partial charge >= 0.3 is 0 Å². The van der Waals surface area contributed by atoms with Crippen molar-refractivity contribution in [3.63, 3.8) is 0 Å². The number of rotatable bonds is 4. The summed E-state index contributed by atoms with van der Waals surface area (Å²) < 4.78 is 27.2.